The Morgan fingerprint density at radius 1 is 1.47 bits per heavy atom. The van der Waals surface area contributed by atoms with Gasteiger partial charge in [-0.05, 0) is 19.1 Å². The van der Waals surface area contributed by atoms with Crippen LogP contribution in [0.4, 0.5) is 5.69 Å². The van der Waals surface area contributed by atoms with E-state index in [1.54, 1.807) is 36.1 Å². The first-order chi connectivity index (χ1) is 9.13. The lowest BCUT2D eigenvalue weighted by molar-refractivity contribution is 0.0958. The van der Waals surface area contributed by atoms with Gasteiger partial charge in [-0.1, -0.05) is 0 Å². The number of nitrogens with zero attached hydrogens (tertiary/aromatic N) is 2. The zero-order chi connectivity index (χ0) is 13.8. The summed E-state index contributed by atoms with van der Waals surface area (Å²) in [6.45, 7) is 2.46. The maximum absolute atomic E-state index is 11.5. The van der Waals surface area contributed by atoms with Gasteiger partial charge in [0.15, 0.2) is 5.69 Å². The van der Waals surface area contributed by atoms with Crippen molar-refractivity contribution < 1.29 is 9.53 Å². The van der Waals surface area contributed by atoms with Crippen molar-refractivity contribution >= 4 is 11.6 Å². The van der Waals surface area contributed by atoms with Crippen molar-refractivity contribution in [1.82, 2.24) is 15.1 Å². The molecule has 0 bridgehead atoms. The van der Waals surface area contributed by atoms with Gasteiger partial charge in [0.2, 0.25) is 0 Å². The van der Waals surface area contributed by atoms with Crippen molar-refractivity contribution in [3.05, 3.63) is 36.2 Å². The number of nitrogens with two attached hydrogens (primary N) is 1. The van der Waals surface area contributed by atoms with E-state index in [4.69, 9.17) is 10.5 Å². The van der Waals surface area contributed by atoms with Gasteiger partial charge in [0.25, 0.3) is 5.91 Å². The summed E-state index contributed by atoms with van der Waals surface area (Å²) in [5, 5.41) is 6.71. The van der Waals surface area contributed by atoms with E-state index in [2.05, 4.69) is 10.4 Å². The predicted octanol–water partition coefficient (Wildman–Crippen LogP) is 1.21. The minimum absolute atomic E-state index is 0.229. The van der Waals surface area contributed by atoms with E-state index in [0.717, 1.165) is 5.69 Å². The third-order valence-electron chi connectivity index (χ3n) is 2.54. The second-order valence-corrected chi connectivity index (χ2v) is 3.92. The fourth-order valence-electron chi connectivity index (χ4n) is 1.70. The summed E-state index contributed by atoms with van der Waals surface area (Å²) >= 11 is 0. The first kappa shape index (κ1) is 12.9. The van der Waals surface area contributed by atoms with Crippen LogP contribution in [0.25, 0.3) is 5.69 Å². The van der Waals surface area contributed by atoms with Crippen LogP contribution in [0, 0.1) is 0 Å². The third-order valence-corrected chi connectivity index (χ3v) is 2.54. The van der Waals surface area contributed by atoms with E-state index in [1.807, 2.05) is 13.0 Å². The number of ether oxygens (including phenoxy) is 1. The SMILES string of the molecule is CCOc1cc(N)cc(-n2ccc(C(=O)NC)n2)c1. The number of nitrogen functional groups attached to an aromatic ring is 1. The standard InChI is InChI=1S/C13H16N4O2/c1-3-19-11-7-9(14)6-10(8-11)17-5-4-12(16-17)13(18)15-2/h4-8H,3,14H2,1-2H3,(H,15,18). The molecular weight excluding hydrogens is 244 g/mol. The van der Waals surface area contributed by atoms with Crippen LogP contribution in [-0.4, -0.2) is 29.3 Å². The molecule has 1 amide bonds. The molecule has 6 nitrogen and oxygen atoms in total. The van der Waals surface area contributed by atoms with E-state index >= 15 is 0 Å². The van der Waals surface area contributed by atoms with E-state index in [1.165, 1.54) is 0 Å². The molecule has 0 aliphatic heterocycles. The average molecular weight is 260 g/mol. The molecule has 100 valence electrons. The van der Waals surface area contributed by atoms with Gasteiger partial charge in [0.1, 0.15) is 5.75 Å². The van der Waals surface area contributed by atoms with E-state index < -0.39 is 0 Å². The van der Waals surface area contributed by atoms with Crippen molar-refractivity contribution in [2.45, 2.75) is 6.92 Å². The molecule has 0 unspecified atom stereocenters. The Hall–Kier alpha value is -2.50. The van der Waals surface area contributed by atoms with E-state index in [0.29, 0.717) is 23.7 Å². The molecule has 3 N–H and O–H groups in total. The molecule has 0 saturated heterocycles. The Morgan fingerprint density at radius 2 is 2.26 bits per heavy atom. The lowest BCUT2D eigenvalue weighted by atomic mass is 10.2. The molecule has 1 aromatic carbocycles. The predicted molar refractivity (Wildman–Crippen MR) is 72.5 cm³/mol. The molecule has 0 aliphatic carbocycles. The number of amides is 1. The number of carbonyl (C=O) groups is 1. The number of hydrogen-bond acceptors (Lipinski definition) is 4. The van der Waals surface area contributed by atoms with Gasteiger partial charge in [0.05, 0.1) is 12.3 Å². The molecule has 19 heavy (non-hydrogen) atoms. The highest BCUT2D eigenvalue weighted by Gasteiger charge is 2.09. The lowest BCUT2D eigenvalue weighted by Gasteiger charge is -2.08. The number of anilines is 1. The van der Waals surface area contributed by atoms with Crippen molar-refractivity contribution in [3.63, 3.8) is 0 Å². The Labute approximate surface area is 111 Å². The summed E-state index contributed by atoms with van der Waals surface area (Å²) in [5.41, 5.74) is 7.50. The summed E-state index contributed by atoms with van der Waals surface area (Å²) in [6.07, 6.45) is 1.70. The van der Waals surface area contributed by atoms with Gasteiger partial charge < -0.3 is 15.8 Å². The summed E-state index contributed by atoms with van der Waals surface area (Å²) in [6, 6.07) is 6.97. The number of benzene rings is 1. The molecule has 0 spiro atoms. The van der Waals surface area contributed by atoms with Crippen molar-refractivity contribution in [1.29, 1.82) is 0 Å². The Kier molecular flexibility index (Phi) is 3.70. The zero-order valence-electron chi connectivity index (χ0n) is 10.9. The summed E-state index contributed by atoms with van der Waals surface area (Å²) in [7, 11) is 1.56. The second kappa shape index (κ2) is 5.43. The second-order valence-electron chi connectivity index (χ2n) is 3.92. The average Bonchev–Trinajstić information content (AvgIpc) is 2.87. The molecule has 1 aromatic heterocycles. The maximum Gasteiger partial charge on any atom is 0.271 e. The topological polar surface area (TPSA) is 82.2 Å². The monoisotopic (exact) mass is 260 g/mol. The van der Waals surface area contributed by atoms with Gasteiger partial charge in [0, 0.05) is 31.1 Å². The molecule has 0 aliphatic rings. The summed E-state index contributed by atoms with van der Waals surface area (Å²) in [5.74, 6) is 0.446. The Morgan fingerprint density at radius 3 is 2.95 bits per heavy atom. The maximum atomic E-state index is 11.5. The normalized spacial score (nSPS) is 10.2. The van der Waals surface area contributed by atoms with Crippen LogP contribution < -0.4 is 15.8 Å². The number of rotatable bonds is 4. The highest BCUT2D eigenvalue weighted by Crippen LogP contribution is 2.21. The van der Waals surface area contributed by atoms with E-state index in [9.17, 15) is 4.79 Å². The highest BCUT2D eigenvalue weighted by atomic mass is 16.5. The lowest BCUT2D eigenvalue weighted by Crippen LogP contribution is -2.18. The fraction of sp³-hybridized carbons (Fsp3) is 0.231. The van der Waals surface area contributed by atoms with Crippen LogP contribution in [0.2, 0.25) is 0 Å². The number of carbonyl (C=O) groups excluding carboxylic acids is 1. The molecule has 0 atom stereocenters. The molecule has 0 saturated carbocycles. The van der Waals surface area contributed by atoms with Gasteiger partial charge >= 0.3 is 0 Å². The van der Waals surface area contributed by atoms with Crippen LogP contribution >= 0.6 is 0 Å². The fourth-order valence-corrected chi connectivity index (χ4v) is 1.70. The molecule has 6 heteroatoms. The van der Waals surface area contributed by atoms with Gasteiger partial charge in [-0.25, -0.2) is 4.68 Å². The minimum atomic E-state index is -0.229. The van der Waals surface area contributed by atoms with Crippen molar-refractivity contribution in [2.24, 2.45) is 0 Å². The van der Waals surface area contributed by atoms with Gasteiger partial charge in [-0.15, -0.1) is 0 Å². The molecule has 0 fully saturated rings. The van der Waals surface area contributed by atoms with Crippen molar-refractivity contribution in [2.75, 3.05) is 19.4 Å². The highest BCUT2D eigenvalue weighted by molar-refractivity contribution is 5.91. The van der Waals surface area contributed by atoms with Crippen LogP contribution in [0.3, 0.4) is 0 Å². The Balaban J connectivity index is 2.35. The summed E-state index contributed by atoms with van der Waals surface area (Å²) in [4.78, 5) is 11.5. The smallest absolute Gasteiger partial charge is 0.271 e. The zero-order valence-corrected chi connectivity index (χ0v) is 10.9. The Bertz CT molecular complexity index is 592. The van der Waals surface area contributed by atoms with Crippen LogP contribution in [0.5, 0.6) is 5.75 Å². The van der Waals surface area contributed by atoms with Crippen LogP contribution in [-0.2, 0) is 0 Å². The third kappa shape index (κ3) is 2.85. The first-order valence-corrected chi connectivity index (χ1v) is 5.95. The molecule has 1 heterocycles. The molecule has 2 aromatic rings. The molecule has 2 rings (SSSR count). The number of aromatic nitrogens is 2. The van der Waals surface area contributed by atoms with Gasteiger partial charge in [-0.3, -0.25) is 4.79 Å². The number of hydrogen-bond donors (Lipinski definition) is 2. The van der Waals surface area contributed by atoms with Crippen LogP contribution in [0.15, 0.2) is 30.5 Å². The minimum Gasteiger partial charge on any atom is -0.494 e. The van der Waals surface area contributed by atoms with E-state index in [-0.39, 0.29) is 5.91 Å². The van der Waals surface area contributed by atoms with Gasteiger partial charge in [-0.2, -0.15) is 5.10 Å². The van der Waals surface area contributed by atoms with Crippen LogP contribution in [0.1, 0.15) is 17.4 Å². The molecule has 0 radical (unpaired) electrons. The quantitative estimate of drug-likeness (QED) is 0.810. The molecular formula is C13H16N4O2. The number of nitrogens with one attached hydrogen (secondary N) is 1. The summed E-state index contributed by atoms with van der Waals surface area (Å²) < 4.78 is 7.01. The first-order valence-electron chi connectivity index (χ1n) is 5.95. The largest absolute Gasteiger partial charge is 0.494 e. The van der Waals surface area contributed by atoms with Crippen molar-refractivity contribution in [3.8, 4) is 11.4 Å².